The summed E-state index contributed by atoms with van der Waals surface area (Å²) in [5, 5.41) is 10.2. The molecule has 0 radical (unpaired) electrons. The Kier molecular flexibility index (Phi) is 3.24. The van der Waals surface area contributed by atoms with Crippen molar-refractivity contribution in [2.45, 2.75) is 0 Å². The van der Waals surface area contributed by atoms with Crippen molar-refractivity contribution in [1.82, 2.24) is 25.1 Å². The van der Waals surface area contributed by atoms with Crippen molar-refractivity contribution >= 4 is 28.7 Å². The minimum atomic E-state index is -0.0625. The fraction of sp³-hybridized carbons (Fsp3) is 0.333. The highest BCUT2D eigenvalue weighted by molar-refractivity contribution is 5.89. The number of rotatable bonds is 4. The van der Waals surface area contributed by atoms with Crippen LogP contribution in [0.1, 0.15) is 0 Å². The second kappa shape index (κ2) is 4.84. The molecule has 2 aromatic heterocycles. The number of carbonyl (C=O) groups excluding carboxylic acids is 1. The Morgan fingerprint density at radius 1 is 1.50 bits per heavy atom. The van der Waals surface area contributed by atoms with Gasteiger partial charge >= 0.3 is 0 Å². The molecule has 0 unspecified atom stereocenters. The molecule has 9 nitrogen and oxygen atoms in total. The number of nitrogens with two attached hydrogens (primary N) is 1. The van der Waals surface area contributed by atoms with Crippen LogP contribution in [0.15, 0.2) is 6.20 Å². The predicted molar refractivity (Wildman–Crippen MR) is 66.7 cm³/mol. The maximum absolute atomic E-state index is 11.5. The first-order valence-corrected chi connectivity index (χ1v) is 5.23. The summed E-state index contributed by atoms with van der Waals surface area (Å²) in [6.45, 7) is 0.133. The van der Waals surface area contributed by atoms with Gasteiger partial charge < -0.3 is 10.2 Å². The van der Waals surface area contributed by atoms with Crippen molar-refractivity contribution in [2.75, 3.05) is 31.4 Å². The Morgan fingerprint density at radius 2 is 2.28 bits per heavy atom. The number of hydrogen-bond acceptors (Lipinski definition) is 7. The third-order valence-electron chi connectivity index (χ3n) is 2.34. The van der Waals surface area contributed by atoms with Crippen LogP contribution in [0.4, 0.5) is 11.8 Å². The molecule has 0 aromatic carbocycles. The van der Waals surface area contributed by atoms with E-state index in [1.54, 1.807) is 20.3 Å². The standard InChI is InChI=1S/C9H14N8O/c1-17(2)6(18)4-11-7-5-3-12-16-8(5)14-9(13-7)15-10/h3H,4,10H2,1-2H3,(H3,11,12,13,14,15,16). The van der Waals surface area contributed by atoms with E-state index in [9.17, 15) is 4.79 Å². The number of aromatic amines is 1. The van der Waals surface area contributed by atoms with Gasteiger partial charge in [0.05, 0.1) is 18.1 Å². The Balaban J connectivity index is 2.26. The van der Waals surface area contributed by atoms with E-state index in [-0.39, 0.29) is 18.4 Å². The molecule has 2 rings (SSSR count). The summed E-state index contributed by atoms with van der Waals surface area (Å²) in [6.07, 6.45) is 1.58. The number of nitrogens with zero attached hydrogens (tertiary/aromatic N) is 4. The number of fused-ring (bicyclic) bond motifs is 1. The molecule has 0 bridgehead atoms. The quantitative estimate of drug-likeness (QED) is 0.411. The summed E-state index contributed by atoms with van der Waals surface area (Å²) >= 11 is 0. The van der Waals surface area contributed by atoms with Gasteiger partial charge in [0.1, 0.15) is 5.82 Å². The highest BCUT2D eigenvalue weighted by Crippen LogP contribution is 2.19. The molecular formula is C9H14N8O. The second-order valence-electron chi connectivity index (χ2n) is 3.81. The number of carbonyl (C=O) groups is 1. The van der Waals surface area contributed by atoms with Crippen LogP contribution in [0.25, 0.3) is 11.0 Å². The van der Waals surface area contributed by atoms with E-state index in [2.05, 4.69) is 30.9 Å². The molecule has 0 aliphatic carbocycles. The number of H-pyrrole nitrogens is 1. The first-order valence-electron chi connectivity index (χ1n) is 5.23. The van der Waals surface area contributed by atoms with E-state index >= 15 is 0 Å². The summed E-state index contributed by atoms with van der Waals surface area (Å²) in [6, 6.07) is 0. The van der Waals surface area contributed by atoms with Crippen LogP contribution >= 0.6 is 0 Å². The number of anilines is 2. The molecule has 9 heteroatoms. The van der Waals surface area contributed by atoms with E-state index in [1.165, 1.54) is 4.90 Å². The first-order chi connectivity index (χ1) is 8.61. The summed E-state index contributed by atoms with van der Waals surface area (Å²) in [7, 11) is 3.37. The van der Waals surface area contributed by atoms with Gasteiger partial charge in [0, 0.05) is 14.1 Å². The van der Waals surface area contributed by atoms with Crippen molar-refractivity contribution in [3.63, 3.8) is 0 Å². The molecule has 0 saturated heterocycles. The van der Waals surface area contributed by atoms with E-state index < -0.39 is 0 Å². The average Bonchev–Trinajstić information content (AvgIpc) is 2.83. The van der Waals surface area contributed by atoms with Crippen molar-refractivity contribution in [3.8, 4) is 0 Å². The van der Waals surface area contributed by atoms with Crippen molar-refractivity contribution < 1.29 is 4.79 Å². The molecule has 0 fully saturated rings. The lowest BCUT2D eigenvalue weighted by Gasteiger charge is -2.12. The zero-order chi connectivity index (χ0) is 13.1. The van der Waals surface area contributed by atoms with Crippen molar-refractivity contribution in [2.24, 2.45) is 5.84 Å². The van der Waals surface area contributed by atoms with E-state index in [0.717, 1.165) is 0 Å². The molecule has 2 heterocycles. The lowest BCUT2D eigenvalue weighted by molar-refractivity contribution is -0.126. The Labute approximate surface area is 103 Å². The van der Waals surface area contributed by atoms with Crippen LogP contribution < -0.4 is 16.6 Å². The van der Waals surface area contributed by atoms with Crippen molar-refractivity contribution in [3.05, 3.63) is 6.20 Å². The molecule has 0 spiro atoms. The number of aromatic nitrogens is 4. The molecule has 5 N–H and O–H groups in total. The highest BCUT2D eigenvalue weighted by Gasteiger charge is 2.10. The molecule has 0 atom stereocenters. The van der Waals surface area contributed by atoms with Gasteiger partial charge in [-0.05, 0) is 0 Å². The number of nitrogen functional groups attached to an aromatic ring is 1. The number of hydrogen-bond donors (Lipinski definition) is 4. The third kappa shape index (κ3) is 2.30. The SMILES string of the molecule is CN(C)C(=O)CNc1nc(NN)nc2[nH]ncc12. The van der Waals surface area contributed by atoms with E-state index in [0.29, 0.717) is 16.9 Å². The Hall–Kier alpha value is -2.42. The Morgan fingerprint density at radius 3 is 2.94 bits per heavy atom. The zero-order valence-electron chi connectivity index (χ0n) is 10.1. The van der Waals surface area contributed by atoms with Crippen LogP contribution in [0.2, 0.25) is 0 Å². The van der Waals surface area contributed by atoms with Gasteiger partial charge in [0.2, 0.25) is 11.9 Å². The van der Waals surface area contributed by atoms with Crippen LogP contribution in [-0.4, -0.2) is 51.6 Å². The number of amides is 1. The maximum atomic E-state index is 11.5. The molecular weight excluding hydrogens is 236 g/mol. The molecule has 2 aromatic rings. The van der Waals surface area contributed by atoms with Gasteiger partial charge in [-0.15, -0.1) is 0 Å². The zero-order valence-corrected chi connectivity index (χ0v) is 10.1. The molecule has 18 heavy (non-hydrogen) atoms. The van der Waals surface area contributed by atoms with Crippen LogP contribution in [0, 0.1) is 0 Å². The highest BCUT2D eigenvalue weighted by atomic mass is 16.2. The third-order valence-corrected chi connectivity index (χ3v) is 2.34. The topological polar surface area (TPSA) is 125 Å². The smallest absolute Gasteiger partial charge is 0.241 e. The fourth-order valence-corrected chi connectivity index (χ4v) is 1.35. The molecule has 0 saturated carbocycles. The molecule has 0 aliphatic rings. The van der Waals surface area contributed by atoms with Gasteiger partial charge in [-0.1, -0.05) is 0 Å². The minimum absolute atomic E-state index is 0.0625. The average molecular weight is 250 g/mol. The fourth-order valence-electron chi connectivity index (χ4n) is 1.35. The number of likely N-dealkylation sites (N-methyl/N-ethyl adjacent to an activating group) is 1. The predicted octanol–water partition coefficient (Wildman–Crippen LogP) is -0.861. The number of hydrazine groups is 1. The van der Waals surface area contributed by atoms with Gasteiger partial charge in [0.25, 0.3) is 0 Å². The van der Waals surface area contributed by atoms with Crippen molar-refractivity contribution in [1.29, 1.82) is 0 Å². The van der Waals surface area contributed by atoms with Crippen LogP contribution in [-0.2, 0) is 4.79 Å². The maximum Gasteiger partial charge on any atom is 0.241 e. The summed E-state index contributed by atoms with van der Waals surface area (Å²) in [5.74, 6) is 5.95. The molecule has 96 valence electrons. The first kappa shape index (κ1) is 12.0. The number of nitrogens with one attached hydrogen (secondary N) is 3. The van der Waals surface area contributed by atoms with Gasteiger partial charge in [-0.2, -0.15) is 15.1 Å². The monoisotopic (exact) mass is 250 g/mol. The lowest BCUT2D eigenvalue weighted by Crippen LogP contribution is -2.29. The van der Waals surface area contributed by atoms with Crippen LogP contribution in [0.5, 0.6) is 0 Å². The summed E-state index contributed by atoms with van der Waals surface area (Å²) < 4.78 is 0. The normalized spacial score (nSPS) is 10.4. The van der Waals surface area contributed by atoms with Gasteiger partial charge in [0.15, 0.2) is 5.65 Å². The summed E-state index contributed by atoms with van der Waals surface area (Å²) in [4.78, 5) is 21.2. The largest absolute Gasteiger partial charge is 0.360 e. The Bertz CT molecular complexity index is 563. The van der Waals surface area contributed by atoms with E-state index in [4.69, 9.17) is 5.84 Å². The molecule has 0 aliphatic heterocycles. The summed E-state index contributed by atoms with van der Waals surface area (Å²) in [5.41, 5.74) is 2.89. The van der Waals surface area contributed by atoms with Gasteiger partial charge in [-0.3, -0.25) is 15.3 Å². The molecule has 1 amide bonds. The minimum Gasteiger partial charge on any atom is -0.360 e. The lowest BCUT2D eigenvalue weighted by atomic mass is 10.4. The second-order valence-corrected chi connectivity index (χ2v) is 3.81. The van der Waals surface area contributed by atoms with Crippen LogP contribution in [0.3, 0.4) is 0 Å². The van der Waals surface area contributed by atoms with Gasteiger partial charge in [-0.25, -0.2) is 5.84 Å². The van der Waals surface area contributed by atoms with E-state index in [1.807, 2.05) is 0 Å².